The number of alkyl halides is 1. The number of hydrogen-bond donors (Lipinski definition) is 1. The summed E-state index contributed by atoms with van der Waals surface area (Å²) in [4.78, 5) is 0. The second-order valence-electron chi connectivity index (χ2n) is 5.20. The van der Waals surface area contributed by atoms with Gasteiger partial charge in [0, 0.05) is 32.0 Å². The van der Waals surface area contributed by atoms with Crippen molar-refractivity contribution in [3.05, 3.63) is 11.9 Å². The van der Waals surface area contributed by atoms with Crippen molar-refractivity contribution < 1.29 is 9.13 Å². The third-order valence-corrected chi connectivity index (χ3v) is 4.02. The Kier molecular flexibility index (Phi) is 2.40. The molecule has 0 saturated carbocycles. The molecule has 3 rings (SSSR count). The number of nitrogens with zero attached hydrogens (tertiary/aromatic N) is 2. The Morgan fingerprint density at radius 1 is 1.47 bits per heavy atom. The lowest BCUT2D eigenvalue weighted by Gasteiger charge is -2.35. The van der Waals surface area contributed by atoms with Gasteiger partial charge in [0.05, 0.1) is 13.3 Å². The summed E-state index contributed by atoms with van der Waals surface area (Å²) in [7, 11) is 3.35. The lowest BCUT2D eigenvalue weighted by molar-refractivity contribution is 0.0753. The normalized spacial score (nSPS) is 36.2. The molecule has 1 aromatic rings. The second-order valence-corrected chi connectivity index (χ2v) is 5.20. The number of aromatic nitrogens is 2. The zero-order valence-corrected chi connectivity index (χ0v) is 10.2. The number of methoxy groups -OCH3 is 1. The molecule has 1 N–H and O–H groups in total. The summed E-state index contributed by atoms with van der Waals surface area (Å²) in [5.41, 5.74) is -0.702. The molecule has 0 amide bonds. The summed E-state index contributed by atoms with van der Waals surface area (Å²) >= 11 is 0. The topological polar surface area (TPSA) is 39.1 Å². The van der Waals surface area contributed by atoms with Crippen LogP contribution in [0.15, 0.2) is 6.20 Å². The molecule has 2 aliphatic rings. The van der Waals surface area contributed by atoms with E-state index >= 15 is 4.39 Å². The average molecular weight is 239 g/mol. The number of piperidine rings is 1. The van der Waals surface area contributed by atoms with E-state index in [2.05, 4.69) is 10.4 Å². The number of aryl methyl sites for hydroxylation is 1. The van der Waals surface area contributed by atoms with Gasteiger partial charge in [-0.15, -0.1) is 0 Å². The van der Waals surface area contributed by atoms with Gasteiger partial charge in [-0.1, -0.05) is 0 Å². The first kappa shape index (κ1) is 11.0. The largest absolute Gasteiger partial charge is 0.493 e. The monoisotopic (exact) mass is 239 g/mol. The zero-order chi connectivity index (χ0) is 12.0. The van der Waals surface area contributed by atoms with Gasteiger partial charge in [-0.2, -0.15) is 5.10 Å². The number of fused-ring (bicyclic) bond motifs is 2. The number of nitrogens with one attached hydrogen (secondary N) is 1. The fraction of sp³-hybridized carbons (Fsp3) is 0.750. The molecule has 2 saturated heterocycles. The van der Waals surface area contributed by atoms with Crippen LogP contribution in [0.25, 0.3) is 0 Å². The Labute approximate surface area is 100 Å². The van der Waals surface area contributed by atoms with Crippen molar-refractivity contribution in [2.45, 2.75) is 43.4 Å². The summed E-state index contributed by atoms with van der Waals surface area (Å²) in [6.45, 7) is 0. The highest BCUT2D eigenvalue weighted by Gasteiger charge is 2.48. The van der Waals surface area contributed by atoms with Gasteiger partial charge in [-0.05, 0) is 12.8 Å². The van der Waals surface area contributed by atoms with Crippen LogP contribution >= 0.6 is 0 Å². The molecule has 3 heterocycles. The van der Waals surface area contributed by atoms with Gasteiger partial charge in [0.1, 0.15) is 5.69 Å². The second kappa shape index (κ2) is 3.70. The third-order valence-electron chi connectivity index (χ3n) is 4.02. The van der Waals surface area contributed by atoms with E-state index in [-0.39, 0.29) is 0 Å². The highest BCUT2D eigenvalue weighted by molar-refractivity contribution is 5.32. The summed E-state index contributed by atoms with van der Waals surface area (Å²) < 4.78 is 22.1. The summed E-state index contributed by atoms with van der Waals surface area (Å²) in [6.07, 6.45) is 4.81. The van der Waals surface area contributed by atoms with Crippen LogP contribution in [0.5, 0.6) is 5.75 Å². The first-order valence-corrected chi connectivity index (χ1v) is 6.14. The van der Waals surface area contributed by atoms with Gasteiger partial charge in [0.25, 0.3) is 0 Å². The lowest BCUT2D eigenvalue weighted by Crippen LogP contribution is -2.45. The third kappa shape index (κ3) is 1.64. The van der Waals surface area contributed by atoms with Crippen LogP contribution in [0, 0.1) is 0 Å². The Hall–Kier alpha value is -1.10. The predicted molar refractivity (Wildman–Crippen MR) is 61.7 cm³/mol. The van der Waals surface area contributed by atoms with Gasteiger partial charge in [0.15, 0.2) is 11.4 Å². The molecule has 94 valence electrons. The van der Waals surface area contributed by atoms with E-state index in [0.29, 0.717) is 36.4 Å². The van der Waals surface area contributed by atoms with Gasteiger partial charge in [-0.3, -0.25) is 4.68 Å². The number of halogens is 1. The lowest BCUT2D eigenvalue weighted by atomic mass is 9.86. The SMILES string of the molecule is COc1cnn(C)c1C1(F)CC2CCC(C1)N2. The average Bonchev–Trinajstić information content (AvgIpc) is 2.82. The maximum atomic E-state index is 15.2. The van der Waals surface area contributed by atoms with Gasteiger partial charge >= 0.3 is 0 Å². The van der Waals surface area contributed by atoms with Crippen molar-refractivity contribution in [2.75, 3.05) is 7.11 Å². The molecular weight excluding hydrogens is 221 g/mol. The van der Waals surface area contributed by atoms with Crippen LogP contribution in [-0.4, -0.2) is 29.0 Å². The maximum absolute atomic E-state index is 15.2. The minimum atomic E-state index is -1.30. The van der Waals surface area contributed by atoms with E-state index in [4.69, 9.17) is 4.74 Å². The van der Waals surface area contributed by atoms with Crippen molar-refractivity contribution in [1.82, 2.24) is 15.1 Å². The molecule has 4 nitrogen and oxygen atoms in total. The Balaban J connectivity index is 1.99. The fourth-order valence-corrected chi connectivity index (χ4v) is 3.36. The van der Waals surface area contributed by atoms with E-state index in [1.807, 2.05) is 0 Å². The van der Waals surface area contributed by atoms with Crippen LogP contribution in [0.1, 0.15) is 31.4 Å². The predicted octanol–water partition coefficient (Wildman–Crippen LogP) is 1.51. The van der Waals surface area contributed by atoms with Crippen LogP contribution in [0.2, 0.25) is 0 Å². The smallest absolute Gasteiger partial charge is 0.163 e. The molecule has 2 aliphatic heterocycles. The zero-order valence-electron chi connectivity index (χ0n) is 10.2. The number of hydrogen-bond acceptors (Lipinski definition) is 3. The van der Waals surface area contributed by atoms with Crippen molar-refractivity contribution in [3.63, 3.8) is 0 Å². The Morgan fingerprint density at radius 2 is 2.12 bits per heavy atom. The first-order chi connectivity index (χ1) is 8.12. The molecule has 0 aliphatic carbocycles. The van der Waals surface area contributed by atoms with Crippen molar-refractivity contribution in [2.24, 2.45) is 7.05 Å². The van der Waals surface area contributed by atoms with Crippen LogP contribution in [0.3, 0.4) is 0 Å². The molecule has 5 heteroatoms. The van der Waals surface area contributed by atoms with Crippen molar-refractivity contribution in [1.29, 1.82) is 0 Å². The van der Waals surface area contributed by atoms with Crippen LogP contribution in [-0.2, 0) is 12.7 Å². The van der Waals surface area contributed by atoms with Gasteiger partial charge < -0.3 is 10.1 Å². The quantitative estimate of drug-likeness (QED) is 0.850. The molecule has 2 fully saturated rings. The number of ether oxygens (including phenoxy) is 1. The summed E-state index contributed by atoms with van der Waals surface area (Å²) in [6, 6.07) is 0.608. The Bertz CT molecular complexity index is 419. The summed E-state index contributed by atoms with van der Waals surface area (Å²) in [5, 5.41) is 7.56. The Morgan fingerprint density at radius 3 is 2.71 bits per heavy atom. The highest BCUT2D eigenvalue weighted by Crippen LogP contribution is 2.46. The van der Waals surface area contributed by atoms with E-state index < -0.39 is 5.67 Å². The van der Waals surface area contributed by atoms with Gasteiger partial charge in [-0.25, -0.2) is 4.39 Å². The van der Waals surface area contributed by atoms with E-state index in [0.717, 1.165) is 12.8 Å². The van der Waals surface area contributed by atoms with Crippen molar-refractivity contribution in [3.8, 4) is 5.75 Å². The molecular formula is C12H18FN3O. The molecule has 2 unspecified atom stereocenters. The van der Waals surface area contributed by atoms with E-state index in [1.54, 1.807) is 25.0 Å². The molecule has 2 atom stereocenters. The minimum Gasteiger partial charge on any atom is -0.493 e. The summed E-state index contributed by atoms with van der Waals surface area (Å²) in [5.74, 6) is 0.566. The fourth-order valence-electron chi connectivity index (χ4n) is 3.36. The van der Waals surface area contributed by atoms with Crippen LogP contribution in [0.4, 0.5) is 4.39 Å². The molecule has 0 spiro atoms. The highest BCUT2D eigenvalue weighted by atomic mass is 19.1. The molecule has 17 heavy (non-hydrogen) atoms. The number of rotatable bonds is 2. The van der Waals surface area contributed by atoms with Crippen LogP contribution < -0.4 is 10.1 Å². The first-order valence-electron chi connectivity index (χ1n) is 6.14. The molecule has 2 bridgehead atoms. The molecule has 1 aromatic heterocycles. The molecule has 0 aromatic carbocycles. The van der Waals surface area contributed by atoms with E-state index in [1.165, 1.54) is 0 Å². The van der Waals surface area contributed by atoms with E-state index in [9.17, 15) is 0 Å². The minimum absolute atomic E-state index is 0.304. The molecule has 0 radical (unpaired) electrons. The maximum Gasteiger partial charge on any atom is 0.163 e. The standard InChI is InChI=1S/C12H18FN3O/c1-16-11(10(17-2)7-14-16)12(13)5-8-3-4-9(6-12)15-8/h7-9,15H,3-6H2,1-2H3. The van der Waals surface area contributed by atoms with Crippen molar-refractivity contribution >= 4 is 0 Å². The van der Waals surface area contributed by atoms with Gasteiger partial charge in [0.2, 0.25) is 0 Å².